The summed E-state index contributed by atoms with van der Waals surface area (Å²) in [5.74, 6) is 1.06. The van der Waals surface area contributed by atoms with E-state index >= 15 is 0 Å². The summed E-state index contributed by atoms with van der Waals surface area (Å²) in [6, 6.07) is 7.99. The van der Waals surface area contributed by atoms with Gasteiger partial charge in [-0.1, -0.05) is 12.1 Å². The van der Waals surface area contributed by atoms with Crippen molar-refractivity contribution in [3.05, 3.63) is 29.8 Å². The minimum atomic E-state index is -0.506. The highest BCUT2D eigenvalue weighted by atomic mass is 16.6. The third-order valence-corrected chi connectivity index (χ3v) is 4.40. The normalized spacial score (nSPS) is 22.0. The summed E-state index contributed by atoms with van der Waals surface area (Å²) in [5.41, 5.74) is 0.675. The topological polar surface area (TPSA) is 59.0 Å². The van der Waals surface area contributed by atoms with Gasteiger partial charge >= 0.3 is 6.09 Å². The van der Waals surface area contributed by atoms with E-state index in [-0.39, 0.29) is 24.5 Å². The number of aliphatic hydroxyl groups excluding tert-OH is 1. The van der Waals surface area contributed by atoms with Crippen LogP contribution >= 0.6 is 0 Å². The van der Waals surface area contributed by atoms with Crippen LogP contribution in [0.5, 0.6) is 5.75 Å². The minimum Gasteiger partial charge on any atom is -0.497 e. The van der Waals surface area contributed by atoms with Gasteiger partial charge in [-0.05, 0) is 57.2 Å². The first-order chi connectivity index (χ1) is 11.3. The van der Waals surface area contributed by atoms with Crippen molar-refractivity contribution in [2.45, 2.75) is 45.1 Å². The fourth-order valence-corrected chi connectivity index (χ4v) is 3.21. The van der Waals surface area contributed by atoms with Crippen LogP contribution in [0.2, 0.25) is 0 Å². The number of hydrogen-bond acceptors (Lipinski definition) is 4. The summed E-state index contributed by atoms with van der Waals surface area (Å²) in [7, 11) is 1.65. The number of amides is 1. The first-order valence-electron chi connectivity index (χ1n) is 8.57. The second-order valence-corrected chi connectivity index (χ2v) is 7.39. The predicted molar refractivity (Wildman–Crippen MR) is 93.4 cm³/mol. The number of carbonyl (C=O) groups excluding carboxylic acids is 1. The van der Waals surface area contributed by atoms with Crippen LogP contribution < -0.4 is 4.74 Å². The molecule has 2 atom stereocenters. The molecule has 5 heteroatoms. The maximum atomic E-state index is 12.4. The van der Waals surface area contributed by atoms with Crippen molar-refractivity contribution in [2.75, 3.05) is 26.8 Å². The van der Waals surface area contributed by atoms with Crippen molar-refractivity contribution in [1.29, 1.82) is 0 Å². The number of aliphatic hydroxyl groups is 1. The number of hydrogen-bond donors (Lipinski definition) is 1. The lowest BCUT2D eigenvalue weighted by molar-refractivity contribution is 0.0214. The highest BCUT2D eigenvalue weighted by Gasteiger charge is 2.31. The van der Waals surface area contributed by atoms with E-state index in [1.165, 1.54) is 5.56 Å². The van der Waals surface area contributed by atoms with Crippen molar-refractivity contribution in [2.24, 2.45) is 5.92 Å². The molecule has 1 heterocycles. The zero-order valence-corrected chi connectivity index (χ0v) is 15.1. The lowest BCUT2D eigenvalue weighted by atomic mass is 9.84. The Morgan fingerprint density at radius 3 is 2.50 bits per heavy atom. The highest BCUT2D eigenvalue weighted by molar-refractivity contribution is 5.68. The summed E-state index contributed by atoms with van der Waals surface area (Å²) >= 11 is 0. The molecule has 134 valence electrons. The molecule has 0 radical (unpaired) electrons. The molecule has 1 aliphatic rings. The summed E-state index contributed by atoms with van der Waals surface area (Å²) in [6.07, 6.45) is 1.54. The SMILES string of the molecule is COc1ccc(C2CCCN(C(=O)OC(C)(C)C)CC2CO)cc1. The van der Waals surface area contributed by atoms with Crippen LogP contribution in [0.1, 0.15) is 45.1 Å². The van der Waals surface area contributed by atoms with Gasteiger partial charge in [-0.2, -0.15) is 0 Å². The van der Waals surface area contributed by atoms with Crippen molar-refractivity contribution in [3.8, 4) is 5.75 Å². The Bertz CT molecular complexity index is 535. The molecule has 24 heavy (non-hydrogen) atoms. The van der Waals surface area contributed by atoms with E-state index in [1.807, 2.05) is 32.9 Å². The molecule has 0 saturated carbocycles. The summed E-state index contributed by atoms with van der Waals surface area (Å²) in [6.45, 7) is 6.83. The van der Waals surface area contributed by atoms with Gasteiger partial charge in [0.2, 0.25) is 0 Å². The molecule has 0 spiro atoms. The molecule has 1 aromatic rings. The Morgan fingerprint density at radius 1 is 1.29 bits per heavy atom. The van der Waals surface area contributed by atoms with E-state index in [9.17, 15) is 9.90 Å². The van der Waals surface area contributed by atoms with Gasteiger partial charge in [-0.15, -0.1) is 0 Å². The van der Waals surface area contributed by atoms with Crippen LogP contribution in [0.25, 0.3) is 0 Å². The van der Waals surface area contributed by atoms with Crippen LogP contribution in [0.3, 0.4) is 0 Å². The first kappa shape index (κ1) is 18.6. The second kappa shape index (κ2) is 7.88. The fourth-order valence-electron chi connectivity index (χ4n) is 3.21. The lowest BCUT2D eigenvalue weighted by Gasteiger charge is -2.29. The van der Waals surface area contributed by atoms with E-state index in [4.69, 9.17) is 9.47 Å². The molecule has 1 aromatic carbocycles. The molecule has 2 rings (SSSR count). The fraction of sp³-hybridized carbons (Fsp3) is 0.632. The molecule has 5 nitrogen and oxygen atoms in total. The molecule has 2 unspecified atom stereocenters. The number of ether oxygens (including phenoxy) is 2. The summed E-state index contributed by atoms with van der Waals surface area (Å²) in [4.78, 5) is 14.1. The molecule has 0 bridgehead atoms. The lowest BCUT2D eigenvalue weighted by Crippen LogP contribution is -2.40. The Hall–Kier alpha value is -1.75. The summed E-state index contributed by atoms with van der Waals surface area (Å²) in [5, 5.41) is 9.88. The highest BCUT2D eigenvalue weighted by Crippen LogP contribution is 2.34. The zero-order valence-electron chi connectivity index (χ0n) is 15.1. The number of nitrogens with zero attached hydrogens (tertiary/aromatic N) is 1. The quantitative estimate of drug-likeness (QED) is 0.919. The molecule has 1 saturated heterocycles. The van der Waals surface area contributed by atoms with Crippen molar-refractivity contribution < 1.29 is 19.4 Å². The van der Waals surface area contributed by atoms with E-state index in [1.54, 1.807) is 12.0 Å². The van der Waals surface area contributed by atoms with Crippen molar-refractivity contribution in [1.82, 2.24) is 4.90 Å². The largest absolute Gasteiger partial charge is 0.497 e. The standard InChI is InChI=1S/C19H29NO4/c1-19(2,3)24-18(22)20-11-5-6-17(15(12-20)13-21)14-7-9-16(23-4)10-8-14/h7-10,15,17,21H,5-6,11-13H2,1-4H3. The maximum Gasteiger partial charge on any atom is 0.410 e. The number of rotatable bonds is 3. The van der Waals surface area contributed by atoms with E-state index < -0.39 is 5.60 Å². The molecule has 1 fully saturated rings. The smallest absolute Gasteiger partial charge is 0.410 e. The molecular weight excluding hydrogens is 306 g/mol. The number of benzene rings is 1. The second-order valence-electron chi connectivity index (χ2n) is 7.39. The Balaban J connectivity index is 2.11. The van der Waals surface area contributed by atoms with Crippen molar-refractivity contribution >= 4 is 6.09 Å². The van der Waals surface area contributed by atoms with E-state index in [2.05, 4.69) is 12.1 Å². The van der Waals surface area contributed by atoms with Crippen LogP contribution in [-0.2, 0) is 4.74 Å². The van der Waals surface area contributed by atoms with Gasteiger partial charge in [-0.25, -0.2) is 4.79 Å². The Labute approximate surface area is 144 Å². The molecule has 0 aromatic heterocycles. The van der Waals surface area contributed by atoms with Gasteiger partial charge in [0.05, 0.1) is 7.11 Å². The third-order valence-electron chi connectivity index (χ3n) is 4.40. The minimum absolute atomic E-state index is 0.00779. The van der Waals surface area contributed by atoms with E-state index in [0.29, 0.717) is 13.1 Å². The number of likely N-dealkylation sites (tertiary alicyclic amines) is 1. The van der Waals surface area contributed by atoms with Gasteiger partial charge in [0.25, 0.3) is 0 Å². The van der Waals surface area contributed by atoms with Gasteiger partial charge in [0, 0.05) is 25.6 Å². The molecular formula is C19H29NO4. The number of methoxy groups -OCH3 is 1. The van der Waals surface area contributed by atoms with Gasteiger partial charge in [-0.3, -0.25) is 0 Å². The molecule has 1 amide bonds. The van der Waals surface area contributed by atoms with Gasteiger partial charge in [0.1, 0.15) is 11.4 Å². The monoisotopic (exact) mass is 335 g/mol. The van der Waals surface area contributed by atoms with E-state index in [0.717, 1.165) is 18.6 Å². The van der Waals surface area contributed by atoms with Crippen LogP contribution in [-0.4, -0.2) is 48.5 Å². The van der Waals surface area contributed by atoms with Gasteiger partial charge < -0.3 is 19.5 Å². The summed E-state index contributed by atoms with van der Waals surface area (Å²) < 4.78 is 10.7. The zero-order chi connectivity index (χ0) is 17.7. The average Bonchev–Trinajstić information content (AvgIpc) is 2.76. The molecule has 0 aliphatic carbocycles. The first-order valence-corrected chi connectivity index (χ1v) is 8.57. The van der Waals surface area contributed by atoms with Crippen molar-refractivity contribution in [3.63, 3.8) is 0 Å². The Kier molecular flexibility index (Phi) is 6.10. The van der Waals surface area contributed by atoms with Crippen LogP contribution in [0.4, 0.5) is 4.79 Å². The predicted octanol–water partition coefficient (Wildman–Crippen LogP) is 3.42. The van der Waals surface area contributed by atoms with Crippen LogP contribution in [0.15, 0.2) is 24.3 Å². The molecule has 1 N–H and O–H groups in total. The van der Waals surface area contributed by atoms with Crippen LogP contribution in [0, 0.1) is 5.92 Å². The third kappa shape index (κ3) is 4.87. The Morgan fingerprint density at radius 2 is 1.96 bits per heavy atom. The van der Waals surface area contributed by atoms with Gasteiger partial charge in [0.15, 0.2) is 0 Å². The maximum absolute atomic E-state index is 12.4. The number of carbonyl (C=O) groups is 1. The molecule has 1 aliphatic heterocycles. The average molecular weight is 335 g/mol.